The molecule has 1 unspecified atom stereocenters. The van der Waals surface area contributed by atoms with Gasteiger partial charge in [0.2, 0.25) is 18.5 Å². The number of aliphatic imine (C=N–C) groups is 2. The lowest BCUT2D eigenvalue weighted by atomic mass is 10.0. The number of fused-ring (bicyclic) bond motifs is 2. The van der Waals surface area contributed by atoms with Gasteiger partial charge < -0.3 is 14.8 Å². The first-order chi connectivity index (χ1) is 14.9. The molecule has 4 amide bonds. The molecule has 1 N–H and O–H groups in total. The minimum atomic E-state index is -0.779. The Morgan fingerprint density at radius 3 is 2.81 bits per heavy atom. The minimum Gasteiger partial charge on any atom is -0.454 e. The maximum atomic E-state index is 12.8. The molecule has 1 atom stereocenters. The average Bonchev–Trinajstić information content (AvgIpc) is 3.52. The zero-order valence-electron chi connectivity index (χ0n) is 17.0. The van der Waals surface area contributed by atoms with Gasteiger partial charge in [-0.25, -0.2) is 9.79 Å². The first-order valence-electron chi connectivity index (χ1n) is 9.84. The standard InChI is InChI=1S/C20H19N5O5S/c1-24-17-15(19(27)25(2)20(24)28)18(23-16(22-17)10-3-4-10)31-8-14(26)21-11-5-6-12-13(7-11)30-9-29-12/h5-7,10,15H,3-4,8-9H2,1-2H3/p+1. The third-order valence-corrected chi connectivity index (χ3v) is 6.43. The summed E-state index contributed by atoms with van der Waals surface area (Å²) in [7, 11) is 3.04. The lowest BCUT2D eigenvalue weighted by molar-refractivity contribution is -0.407. The highest BCUT2D eigenvalue weighted by atomic mass is 32.2. The van der Waals surface area contributed by atoms with Gasteiger partial charge in [0, 0.05) is 17.7 Å². The van der Waals surface area contributed by atoms with E-state index >= 15 is 0 Å². The molecule has 31 heavy (non-hydrogen) atoms. The Balaban J connectivity index is 1.34. The van der Waals surface area contributed by atoms with Crippen molar-refractivity contribution in [1.82, 2.24) is 4.90 Å². The summed E-state index contributed by atoms with van der Waals surface area (Å²) in [6.07, 6.45) is 1.96. The zero-order chi connectivity index (χ0) is 21.7. The van der Waals surface area contributed by atoms with E-state index in [9.17, 15) is 14.4 Å². The molecule has 5 rings (SSSR count). The summed E-state index contributed by atoms with van der Waals surface area (Å²) in [5, 5.41) is 3.31. The Labute approximate surface area is 182 Å². The van der Waals surface area contributed by atoms with E-state index in [-0.39, 0.29) is 30.3 Å². The molecule has 160 valence electrons. The number of nitrogens with zero attached hydrogens (tertiary/aromatic N) is 4. The molecule has 3 heterocycles. The number of urea groups is 1. The number of hydrogen-bond donors (Lipinski definition) is 1. The summed E-state index contributed by atoms with van der Waals surface area (Å²) in [6.45, 7) is 0.160. The Bertz CT molecular complexity index is 1110. The van der Waals surface area contributed by atoms with Crippen molar-refractivity contribution in [2.24, 2.45) is 21.8 Å². The van der Waals surface area contributed by atoms with Crippen LogP contribution in [0.2, 0.25) is 0 Å². The quantitative estimate of drug-likeness (QED) is 0.708. The summed E-state index contributed by atoms with van der Waals surface area (Å²) in [6, 6.07) is 4.74. The summed E-state index contributed by atoms with van der Waals surface area (Å²) in [5.74, 6) is 1.11. The molecule has 11 heteroatoms. The fraction of sp³-hybridized carbons (Fsp3) is 0.400. The van der Waals surface area contributed by atoms with Crippen molar-refractivity contribution in [1.29, 1.82) is 0 Å². The molecule has 0 spiro atoms. The molecule has 10 nitrogen and oxygen atoms in total. The Hall–Kier alpha value is -3.21. The van der Waals surface area contributed by atoms with Gasteiger partial charge >= 0.3 is 11.9 Å². The summed E-state index contributed by atoms with van der Waals surface area (Å²) >= 11 is 1.19. The number of ether oxygens (including phenoxy) is 2. The van der Waals surface area contributed by atoms with E-state index < -0.39 is 11.9 Å². The zero-order valence-corrected chi connectivity index (χ0v) is 17.8. The second kappa shape index (κ2) is 7.49. The van der Waals surface area contributed by atoms with E-state index in [0.29, 0.717) is 33.9 Å². The van der Waals surface area contributed by atoms with Crippen molar-refractivity contribution in [2.45, 2.75) is 12.8 Å². The summed E-state index contributed by atoms with van der Waals surface area (Å²) < 4.78 is 12.0. The average molecular weight is 442 g/mol. The summed E-state index contributed by atoms with van der Waals surface area (Å²) in [5.41, 5.74) is 0.590. The van der Waals surface area contributed by atoms with Gasteiger partial charge in [-0.1, -0.05) is 16.8 Å². The van der Waals surface area contributed by atoms with E-state index in [1.165, 1.54) is 23.4 Å². The van der Waals surface area contributed by atoms with Gasteiger partial charge in [-0.15, -0.1) is 0 Å². The van der Waals surface area contributed by atoms with Crippen LogP contribution in [0.3, 0.4) is 0 Å². The van der Waals surface area contributed by atoms with E-state index in [2.05, 4.69) is 15.3 Å². The monoisotopic (exact) mass is 442 g/mol. The smallest absolute Gasteiger partial charge is 0.445 e. The van der Waals surface area contributed by atoms with Crippen molar-refractivity contribution in [3.63, 3.8) is 0 Å². The number of imide groups is 1. The maximum Gasteiger partial charge on any atom is 0.445 e. The highest BCUT2D eigenvalue weighted by Gasteiger charge is 2.50. The third kappa shape index (κ3) is 3.58. The Kier molecular flexibility index (Phi) is 4.77. The van der Waals surface area contributed by atoms with E-state index in [4.69, 9.17) is 9.47 Å². The predicted molar refractivity (Wildman–Crippen MR) is 114 cm³/mol. The van der Waals surface area contributed by atoms with E-state index in [0.717, 1.165) is 17.7 Å². The van der Waals surface area contributed by atoms with Crippen LogP contribution < -0.4 is 14.8 Å². The molecule has 0 aromatic heterocycles. The number of hydrogen-bond acceptors (Lipinski definition) is 8. The molecule has 1 aromatic rings. The number of thioether (sulfide) groups is 1. The Morgan fingerprint density at radius 2 is 2.03 bits per heavy atom. The molecular weight excluding hydrogens is 422 g/mol. The lowest BCUT2D eigenvalue weighted by Gasteiger charge is -2.26. The van der Waals surface area contributed by atoms with Gasteiger partial charge in [-0.3, -0.25) is 9.59 Å². The molecule has 0 saturated heterocycles. The van der Waals surface area contributed by atoms with Crippen molar-refractivity contribution < 1.29 is 28.4 Å². The number of rotatable bonds is 4. The van der Waals surface area contributed by atoms with Gasteiger partial charge in [0.05, 0.1) is 19.8 Å². The maximum absolute atomic E-state index is 12.8. The molecule has 0 radical (unpaired) electrons. The van der Waals surface area contributed by atoms with Crippen molar-refractivity contribution >= 4 is 52.0 Å². The molecular formula is C20H20N5O5S+. The van der Waals surface area contributed by atoms with Crippen LogP contribution in [0.5, 0.6) is 11.5 Å². The summed E-state index contributed by atoms with van der Waals surface area (Å²) in [4.78, 5) is 47.9. The molecule has 3 aliphatic heterocycles. The van der Waals surface area contributed by atoms with Crippen LogP contribution in [0, 0.1) is 11.8 Å². The first kappa shape index (κ1) is 19.7. The molecule has 1 aromatic carbocycles. The van der Waals surface area contributed by atoms with Crippen molar-refractivity contribution in [3.05, 3.63) is 18.2 Å². The van der Waals surface area contributed by atoms with Gasteiger partial charge in [0.25, 0.3) is 5.84 Å². The van der Waals surface area contributed by atoms with Gasteiger partial charge in [-0.05, 0) is 25.0 Å². The SMILES string of the molecule is CN1C(=O)C2C(SCC(=O)Nc3ccc4c(c3)OCO4)=NC(C3CC3)=NC2=[N+](C)C1=O. The third-order valence-electron chi connectivity index (χ3n) is 5.40. The van der Waals surface area contributed by atoms with Gasteiger partial charge in [-0.2, -0.15) is 9.48 Å². The number of anilines is 1. The van der Waals surface area contributed by atoms with Crippen LogP contribution in [0.1, 0.15) is 12.8 Å². The first-order valence-corrected chi connectivity index (χ1v) is 10.8. The number of nitrogens with one attached hydrogen (secondary N) is 1. The molecule has 1 aliphatic carbocycles. The second-order valence-electron chi connectivity index (χ2n) is 7.63. The number of carbonyl (C=O) groups excluding carboxylic acids is 3. The molecule has 4 aliphatic rings. The number of carbonyl (C=O) groups is 3. The normalized spacial score (nSPS) is 22.3. The number of amidine groups is 2. The highest BCUT2D eigenvalue weighted by molar-refractivity contribution is 8.14. The van der Waals surface area contributed by atoms with Crippen molar-refractivity contribution in [3.8, 4) is 11.5 Å². The van der Waals surface area contributed by atoms with Crippen LogP contribution in [0.15, 0.2) is 28.2 Å². The largest absolute Gasteiger partial charge is 0.454 e. The van der Waals surface area contributed by atoms with E-state index in [1.54, 1.807) is 25.2 Å². The fourth-order valence-electron chi connectivity index (χ4n) is 3.54. The fourth-order valence-corrected chi connectivity index (χ4v) is 4.42. The topological polar surface area (TPSA) is 113 Å². The number of amides is 4. The van der Waals surface area contributed by atoms with Crippen molar-refractivity contribution in [2.75, 3.05) is 32.0 Å². The second-order valence-corrected chi connectivity index (χ2v) is 8.62. The van der Waals surface area contributed by atoms with Crippen LogP contribution >= 0.6 is 11.8 Å². The molecule has 1 saturated carbocycles. The van der Waals surface area contributed by atoms with Crippen LogP contribution in [0.4, 0.5) is 10.5 Å². The molecule has 0 bridgehead atoms. The van der Waals surface area contributed by atoms with Crippen LogP contribution in [-0.4, -0.2) is 70.7 Å². The predicted octanol–water partition coefficient (Wildman–Crippen LogP) is 1.56. The highest BCUT2D eigenvalue weighted by Crippen LogP contribution is 2.36. The minimum absolute atomic E-state index is 0.0592. The van der Waals surface area contributed by atoms with Gasteiger partial charge in [0.1, 0.15) is 5.04 Å². The van der Waals surface area contributed by atoms with Crippen LogP contribution in [0.25, 0.3) is 0 Å². The van der Waals surface area contributed by atoms with E-state index in [1.807, 2.05) is 0 Å². The van der Waals surface area contributed by atoms with Gasteiger partial charge in [0.15, 0.2) is 17.4 Å². The molecule has 1 fully saturated rings. The van der Waals surface area contributed by atoms with Crippen LogP contribution in [-0.2, 0) is 9.59 Å². The lowest BCUT2D eigenvalue weighted by Crippen LogP contribution is -2.54. The Morgan fingerprint density at radius 1 is 1.26 bits per heavy atom. The number of benzene rings is 1.